The Morgan fingerprint density at radius 3 is 2.22 bits per heavy atom. The van der Waals surface area contributed by atoms with Gasteiger partial charge in [-0.2, -0.15) is 0 Å². The fraction of sp³-hybridized carbons (Fsp3) is 1.00. The topological polar surface area (TPSA) is 77.4 Å². The van der Waals surface area contributed by atoms with Crippen LogP contribution in [0.2, 0.25) is 18.1 Å². The molecule has 0 aromatic carbocycles. The highest BCUT2D eigenvalue weighted by Gasteiger charge is 2.56. The van der Waals surface area contributed by atoms with Gasteiger partial charge in [0.2, 0.25) is 0 Å². The largest absolute Gasteiger partial charge is 0.411 e. The molecular weight excluding hydrogens is 316 g/mol. The summed E-state index contributed by atoms with van der Waals surface area (Å²) in [5, 5.41) is 21.1. The number of ether oxygens (including phenoxy) is 3. The first-order chi connectivity index (χ1) is 10.3. The fourth-order valence-electron chi connectivity index (χ4n) is 2.78. The molecule has 2 aliphatic rings. The van der Waals surface area contributed by atoms with Crippen molar-refractivity contribution in [3.05, 3.63) is 0 Å². The molecular formula is C16H32O6Si. The van der Waals surface area contributed by atoms with Crippen LogP contribution in [0.25, 0.3) is 0 Å². The van der Waals surface area contributed by atoms with Gasteiger partial charge in [-0.25, -0.2) is 0 Å². The van der Waals surface area contributed by atoms with E-state index in [4.69, 9.17) is 18.6 Å². The van der Waals surface area contributed by atoms with E-state index >= 15 is 0 Å². The Hall–Kier alpha value is -0.0231. The number of rotatable bonds is 4. The van der Waals surface area contributed by atoms with Crippen LogP contribution in [-0.2, 0) is 18.6 Å². The van der Waals surface area contributed by atoms with E-state index < -0.39 is 50.9 Å². The van der Waals surface area contributed by atoms with Crippen LogP contribution in [-0.4, -0.2) is 61.1 Å². The summed E-state index contributed by atoms with van der Waals surface area (Å²) in [6.45, 7) is 16.1. The quantitative estimate of drug-likeness (QED) is 0.757. The molecule has 0 aromatic heterocycles. The normalized spacial score (nSPS) is 36.8. The zero-order valence-corrected chi connectivity index (χ0v) is 16.5. The molecule has 0 bridgehead atoms. The Balaban J connectivity index is 2.01. The molecule has 0 aliphatic carbocycles. The summed E-state index contributed by atoms with van der Waals surface area (Å²) in [7, 11) is -2.01. The maximum atomic E-state index is 10.6. The van der Waals surface area contributed by atoms with Gasteiger partial charge in [0.1, 0.15) is 24.4 Å². The lowest BCUT2D eigenvalue weighted by Crippen LogP contribution is -2.51. The van der Waals surface area contributed by atoms with Gasteiger partial charge in [-0.15, -0.1) is 0 Å². The van der Waals surface area contributed by atoms with Crippen molar-refractivity contribution >= 4 is 8.32 Å². The van der Waals surface area contributed by atoms with Crippen molar-refractivity contribution in [2.24, 2.45) is 0 Å². The van der Waals surface area contributed by atoms with Crippen LogP contribution in [0, 0.1) is 0 Å². The highest BCUT2D eigenvalue weighted by molar-refractivity contribution is 6.74. The Bertz CT molecular complexity index is 433. The van der Waals surface area contributed by atoms with Gasteiger partial charge in [-0.1, -0.05) is 20.8 Å². The van der Waals surface area contributed by atoms with Gasteiger partial charge in [0.05, 0.1) is 6.10 Å². The van der Waals surface area contributed by atoms with Crippen LogP contribution in [0.15, 0.2) is 0 Å². The second-order valence-corrected chi connectivity index (χ2v) is 13.4. The smallest absolute Gasteiger partial charge is 0.192 e. The summed E-state index contributed by atoms with van der Waals surface area (Å²) in [6.07, 6.45) is -4.34. The summed E-state index contributed by atoms with van der Waals surface area (Å²) in [6, 6.07) is 0. The second-order valence-electron chi connectivity index (χ2n) is 8.63. The molecule has 6 nitrogen and oxygen atoms in total. The van der Waals surface area contributed by atoms with Gasteiger partial charge >= 0.3 is 0 Å². The van der Waals surface area contributed by atoms with E-state index in [1.54, 1.807) is 13.8 Å². The van der Waals surface area contributed by atoms with Gasteiger partial charge in [0.25, 0.3) is 0 Å². The first kappa shape index (κ1) is 19.3. The van der Waals surface area contributed by atoms with Crippen molar-refractivity contribution in [3.8, 4) is 0 Å². The van der Waals surface area contributed by atoms with E-state index in [0.29, 0.717) is 0 Å². The van der Waals surface area contributed by atoms with Crippen LogP contribution in [0.4, 0.5) is 0 Å². The van der Waals surface area contributed by atoms with Crippen LogP contribution < -0.4 is 0 Å². The van der Waals surface area contributed by atoms with Crippen molar-refractivity contribution in [2.75, 3.05) is 0 Å². The van der Waals surface area contributed by atoms with Crippen LogP contribution in [0.1, 0.15) is 41.5 Å². The van der Waals surface area contributed by atoms with Crippen LogP contribution in [0.5, 0.6) is 0 Å². The summed E-state index contributed by atoms with van der Waals surface area (Å²) in [5.74, 6) is -0.782. The van der Waals surface area contributed by atoms with Gasteiger partial charge < -0.3 is 28.8 Å². The lowest BCUT2D eigenvalue weighted by molar-refractivity contribution is -0.230. The first-order valence-corrected chi connectivity index (χ1v) is 11.2. The minimum absolute atomic E-state index is 0.0445. The summed E-state index contributed by atoms with van der Waals surface area (Å²) in [4.78, 5) is 0. The summed E-state index contributed by atoms with van der Waals surface area (Å²) in [5.41, 5.74) is 0. The molecule has 6 atom stereocenters. The Morgan fingerprint density at radius 2 is 1.74 bits per heavy atom. The standard InChI is InChI=1S/C16H32O6Si/c1-9(22-23(7,8)15(2,3)4)10(17)12-11(18)13-14(19-12)21-16(5,6)20-13/h9-14,17-18H,1-8H3/t9-,10+,11-,12+,13+,14+/m0/s1. The van der Waals surface area contributed by atoms with E-state index in [1.165, 1.54) is 0 Å². The number of hydrogen-bond donors (Lipinski definition) is 2. The minimum Gasteiger partial charge on any atom is -0.411 e. The third-order valence-electron chi connectivity index (χ3n) is 5.16. The Kier molecular flexibility index (Phi) is 5.08. The maximum absolute atomic E-state index is 10.6. The van der Waals surface area contributed by atoms with E-state index in [2.05, 4.69) is 33.9 Å². The second kappa shape index (κ2) is 6.05. The fourth-order valence-corrected chi connectivity index (χ4v) is 4.20. The predicted octanol–water partition coefficient (Wildman–Crippen LogP) is 1.99. The zero-order chi connectivity index (χ0) is 17.8. The van der Waals surface area contributed by atoms with Gasteiger partial charge in [0.15, 0.2) is 20.4 Å². The average Bonchev–Trinajstić information content (AvgIpc) is 2.80. The first-order valence-electron chi connectivity index (χ1n) is 8.30. The van der Waals surface area contributed by atoms with Gasteiger partial charge in [-0.05, 0) is 38.9 Å². The molecule has 2 fully saturated rings. The minimum atomic E-state index is -2.01. The molecule has 0 unspecified atom stereocenters. The molecule has 2 N–H and O–H groups in total. The van der Waals surface area contributed by atoms with Crippen LogP contribution >= 0.6 is 0 Å². The Morgan fingerprint density at radius 1 is 1.17 bits per heavy atom. The number of fused-ring (bicyclic) bond motifs is 1. The van der Waals surface area contributed by atoms with Gasteiger partial charge in [-0.3, -0.25) is 0 Å². The predicted molar refractivity (Wildman–Crippen MR) is 88.5 cm³/mol. The van der Waals surface area contributed by atoms with Crippen LogP contribution in [0.3, 0.4) is 0 Å². The third kappa shape index (κ3) is 3.81. The van der Waals surface area contributed by atoms with Crippen molar-refractivity contribution < 1.29 is 28.8 Å². The number of aliphatic hydroxyl groups excluding tert-OH is 2. The Labute approximate surface area is 140 Å². The molecule has 2 rings (SSSR count). The SMILES string of the molecule is C[C@H](O[Si](C)(C)C(C)(C)C)[C@@H](O)[C@H]1O[C@@H]2OC(C)(C)O[C@@H]2[C@H]1O. The molecule has 0 aromatic rings. The molecule has 136 valence electrons. The van der Waals surface area contributed by atoms with E-state index in [9.17, 15) is 10.2 Å². The molecule has 0 amide bonds. The maximum Gasteiger partial charge on any atom is 0.192 e. The monoisotopic (exact) mass is 348 g/mol. The van der Waals surface area contributed by atoms with Crippen molar-refractivity contribution in [2.45, 2.75) is 102 Å². The summed E-state index contributed by atoms with van der Waals surface area (Å²) < 4.78 is 23.2. The van der Waals surface area contributed by atoms with Gasteiger partial charge in [0, 0.05) is 0 Å². The zero-order valence-electron chi connectivity index (χ0n) is 15.5. The molecule has 2 saturated heterocycles. The van der Waals surface area contributed by atoms with E-state index in [0.717, 1.165) is 0 Å². The van der Waals surface area contributed by atoms with E-state index in [1.807, 2.05) is 6.92 Å². The molecule has 23 heavy (non-hydrogen) atoms. The van der Waals surface area contributed by atoms with E-state index in [-0.39, 0.29) is 5.04 Å². The van der Waals surface area contributed by atoms with Crippen molar-refractivity contribution in [3.63, 3.8) is 0 Å². The average molecular weight is 349 g/mol. The molecule has 7 heteroatoms. The summed E-state index contributed by atoms with van der Waals surface area (Å²) >= 11 is 0. The lowest BCUT2D eigenvalue weighted by Gasteiger charge is -2.40. The molecule has 0 saturated carbocycles. The highest BCUT2D eigenvalue weighted by atomic mass is 28.4. The third-order valence-corrected chi connectivity index (χ3v) is 9.73. The van der Waals surface area contributed by atoms with Crippen molar-refractivity contribution in [1.29, 1.82) is 0 Å². The number of hydrogen-bond acceptors (Lipinski definition) is 6. The highest BCUT2D eigenvalue weighted by Crippen LogP contribution is 2.40. The molecule has 0 radical (unpaired) electrons. The molecule has 2 aliphatic heterocycles. The molecule has 2 heterocycles. The lowest BCUT2D eigenvalue weighted by atomic mass is 10.0. The van der Waals surface area contributed by atoms with Crippen molar-refractivity contribution in [1.82, 2.24) is 0 Å². The number of aliphatic hydroxyl groups is 2. The molecule has 0 spiro atoms.